The summed E-state index contributed by atoms with van der Waals surface area (Å²) < 4.78 is 66.1. The number of halogens is 3. The van der Waals surface area contributed by atoms with Crippen LogP contribution in [0.3, 0.4) is 0 Å². The highest BCUT2D eigenvalue weighted by Crippen LogP contribution is 2.36. The van der Waals surface area contributed by atoms with Crippen LogP contribution in [0, 0.1) is 5.92 Å². The maximum atomic E-state index is 12.7. The fraction of sp³-hybridized carbons (Fsp3) is 0.478. The Labute approximate surface area is 181 Å². The number of rotatable bonds is 5. The van der Waals surface area contributed by atoms with Crippen LogP contribution in [-0.4, -0.2) is 32.4 Å². The van der Waals surface area contributed by atoms with Crippen LogP contribution in [0.5, 0.6) is 0 Å². The van der Waals surface area contributed by atoms with Crippen LogP contribution in [0.2, 0.25) is 0 Å². The Kier molecular flexibility index (Phi) is 6.05. The van der Waals surface area contributed by atoms with E-state index in [1.165, 1.54) is 18.4 Å². The average Bonchev–Trinajstić information content (AvgIpc) is 2.72. The smallest absolute Gasteiger partial charge is 0.300 e. The van der Waals surface area contributed by atoms with Gasteiger partial charge >= 0.3 is 6.18 Å². The molecule has 1 saturated heterocycles. The third-order valence-corrected chi connectivity index (χ3v) is 7.80. The molecule has 8 heteroatoms. The minimum absolute atomic E-state index is 0.194. The minimum Gasteiger partial charge on any atom is -0.300 e. The molecule has 1 N–H and O–H groups in total. The van der Waals surface area contributed by atoms with Crippen molar-refractivity contribution in [3.8, 4) is 0 Å². The molecule has 0 unspecified atom stereocenters. The van der Waals surface area contributed by atoms with Crippen molar-refractivity contribution < 1.29 is 21.6 Å². The number of sulfonamides is 1. The summed E-state index contributed by atoms with van der Waals surface area (Å²) in [6.45, 7) is 4.46. The van der Waals surface area contributed by atoms with Crippen LogP contribution in [0.15, 0.2) is 47.4 Å². The lowest BCUT2D eigenvalue weighted by Crippen LogP contribution is -2.49. The largest absolute Gasteiger partial charge is 0.416 e. The van der Waals surface area contributed by atoms with E-state index >= 15 is 0 Å². The molecule has 0 aromatic heterocycles. The Hall–Kier alpha value is -2.06. The lowest BCUT2D eigenvalue weighted by molar-refractivity contribution is -0.137. The van der Waals surface area contributed by atoms with Gasteiger partial charge in [0.2, 0.25) is 0 Å². The van der Waals surface area contributed by atoms with Gasteiger partial charge in [-0.3, -0.25) is 9.62 Å². The fourth-order valence-corrected chi connectivity index (χ4v) is 5.98. The molecule has 4 nitrogen and oxygen atoms in total. The quantitative estimate of drug-likeness (QED) is 0.687. The van der Waals surface area contributed by atoms with E-state index < -0.39 is 21.8 Å². The first kappa shape index (κ1) is 22.1. The van der Waals surface area contributed by atoms with Crippen LogP contribution < -0.4 is 4.72 Å². The van der Waals surface area contributed by atoms with Crippen LogP contribution >= 0.6 is 0 Å². The summed E-state index contributed by atoms with van der Waals surface area (Å²) >= 11 is 0. The summed E-state index contributed by atoms with van der Waals surface area (Å²) in [5.74, 6) is 0.578. The Morgan fingerprint density at radius 3 is 2.48 bits per heavy atom. The van der Waals surface area contributed by atoms with Gasteiger partial charge < -0.3 is 0 Å². The number of hydrogen-bond donors (Lipinski definition) is 1. The molecule has 1 fully saturated rings. The molecule has 0 amide bonds. The SMILES string of the molecule is CCCN1CCC[C@@H]2Cc3cc(NS(=O)(=O)c4ccc(C(F)(F)F)cc4)ccc3C[C@H]21. The molecule has 4 rings (SSSR count). The Bertz CT molecular complexity index is 1030. The third-order valence-electron chi connectivity index (χ3n) is 6.41. The Morgan fingerprint density at radius 2 is 1.81 bits per heavy atom. The predicted octanol–water partition coefficient (Wildman–Crippen LogP) is 5.10. The van der Waals surface area contributed by atoms with Gasteiger partial charge in [0.25, 0.3) is 10.0 Å². The molecule has 0 saturated carbocycles. The average molecular weight is 453 g/mol. The van der Waals surface area contributed by atoms with Crippen molar-refractivity contribution in [2.75, 3.05) is 17.8 Å². The van der Waals surface area contributed by atoms with Crippen LogP contribution in [0.25, 0.3) is 0 Å². The summed E-state index contributed by atoms with van der Waals surface area (Å²) in [5, 5.41) is 0. The van der Waals surface area contributed by atoms with E-state index in [0.717, 1.165) is 62.2 Å². The zero-order valence-electron chi connectivity index (χ0n) is 17.5. The van der Waals surface area contributed by atoms with E-state index in [1.54, 1.807) is 6.07 Å². The lowest BCUT2D eigenvalue weighted by atomic mass is 9.75. The zero-order chi connectivity index (χ0) is 22.2. The van der Waals surface area contributed by atoms with Gasteiger partial charge in [0.1, 0.15) is 0 Å². The molecule has 0 bridgehead atoms. The predicted molar refractivity (Wildman–Crippen MR) is 114 cm³/mol. The molecule has 31 heavy (non-hydrogen) atoms. The Balaban J connectivity index is 1.52. The maximum Gasteiger partial charge on any atom is 0.416 e. The molecule has 1 heterocycles. The minimum atomic E-state index is -4.50. The second-order valence-electron chi connectivity index (χ2n) is 8.52. The molecule has 0 spiro atoms. The molecule has 1 aliphatic carbocycles. The highest BCUT2D eigenvalue weighted by Gasteiger charge is 2.35. The first-order valence-electron chi connectivity index (χ1n) is 10.7. The maximum absolute atomic E-state index is 12.7. The summed E-state index contributed by atoms with van der Waals surface area (Å²) in [6, 6.07) is 9.70. The molecule has 168 valence electrons. The van der Waals surface area contributed by atoms with Gasteiger partial charge in [-0.1, -0.05) is 13.0 Å². The van der Waals surface area contributed by atoms with Crippen molar-refractivity contribution in [2.45, 2.75) is 56.1 Å². The topological polar surface area (TPSA) is 49.4 Å². The molecular weight excluding hydrogens is 425 g/mol. The molecular formula is C23H27F3N2O2S. The number of nitrogens with one attached hydrogen (secondary N) is 1. The van der Waals surface area contributed by atoms with Crippen molar-refractivity contribution in [1.29, 1.82) is 0 Å². The van der Waals surface area contributed by atoms with Gasteiger partial charge in [0.05, 0.1) is 10.5 Å². The van der Waals surface area contributed by atoms with Gasteiger partial charge in [0.15, 0.2) is 0 Å². The van der Waals surface area contributed by atoms with E-state index in [1.807, 2.05) is 12.1 Å². The number of benzene rings is 2. The zero-order valence-corrected chi connectivity index (χ0v) is 18.3. The molecule has 2 aromatic carbocycles. The molecule has 2 atom stereocenters. The van der Waals surface area contributed by atoms with E-state index in [9.17, 15) is 21.6 Å². The normalized spacial score (nSPS) is 21.9. The van der Waals surface area contributed by atoms with Crippen molar-refractivity contribution in [2.24, 2.45) is 5.92 Å². The number of anilines is 1. The molecule has 2 aromatic rings. The number of likely N-dealkylation sites (tertiary alicyclic amines) is 1. The number of piperidine rings is 1. The van der Waals surface area contributed by atoms with Crippen molar-refractivity contribution in [1.82, 2.24) is 4.90 Å². The lowest BCUT2D eigenvalue weighted by Gasteiger charge is -2.44. The van der Waals surface area contributed by atoms with Crippen molar-refractivity contribution in [3.05, 3.63) is 59.2 Å². The highest BCUT2D eigenvalue weighted by atomic mass is 32.2. The second kappa shape index (κ2) is 8.47. The van der Waals surface area contributed by atoms with Gasteiger partial charge in [-0.2, -0.15) is 13.2 Å². The number of nitrogens with zero attached hydrogens (tertiary/aromatic N) is 1. The van der Waals surface area contributed by atoms with Gasteiger partial charge in [-0.05, 0) is 98.6 Å². The summed E-state index contributed by atoms with van der Waals surface area (Å²) in [5.41, 5.74) is 1.98. The fourth-order valence-electron chi connectivity index (χ4n) is 4.94. The van der Waals surface area contributed by atoms with Crippen LogP contribution in [-0.2, 0) is 29.0 Å². The third kappa shape index (κ3) is 4.75. The van der Waals surface area contributed by atoms with Crippen molar-refractivity contribution >= 4 is 15.7 Å². The van der Waals surface area contributed by atoms with E-state index in [4.69, 9.17) is 0 Å². The van der Waals surface area contributed by atoms with E-state index in [2.05, 4.69) is 16.5 Å². The van der Waals surface area contributed by atoms with Crippen LogP contribution in [0.4, 0.5) is 18.9 Å². The van der Waals surface area contributed by atoms with Crippen LogP contribution in [0.1, 0.15) is 42.9 Å². The second-order valence-corrected chi connectivity index (χ2v) is 10.2. The summed E-state index contributed by atoms with van der Waals surface area (Å²) in [7, 11) is -3.97. The monoisotopic (exact) mass is 452 g/mol. The van der Waals surface area contributed by atoms with Crippen molar-refractivity contribution in [3.63, 3.8) is 0 Å². The first-order chi connectivity index (χ1) is 14.7. The Morgan fingerprint density at radius 1 is 1.06 bits per heavy atom. The highest BCUT2D eigenvalue weighted by molar-refractivity contribution is 7.92. The number of hydrogen-bond acceptors (Lipinski definition) is 3. The molecule has 2 aliphatic rings. The summed E-state index contributed by atoms with van der Waals surface area (Å²) in [6.07, 6.45) is 0.920. The van der Waals surface area contributed by atoms with Gasteiger partial charge in [-0.15, -0.1) is 0 Å². The number of alkyl halides is 3. The number of fused-ring (bicyclic) bond motifs is 2. The van der Waals surface area contributed by atoms with E-state index in [-0.39, 0.29) is 4.90 Å². The summed E-state index contributed by atoms with van der Waals surface area (Å²) in [4.78, 5) is 2.40. The van der Waals surface area contributed by atoms with Gasteiger partial charge in [0, 0.05) is 11.7 Å². The molecule has 1 aliphatic heterocycles. The standard InChI is InChI=1S/C23H27F3N2O2S/c1-2-11-28-12-3-4-17-13-18-14-20(8-5-16(18)15-22(17)28)27-31(29,30)21-9-6-19(7-10-21)23(24,25)26/h5-10,14,17,22,27H,2-4,11-13,15H2,1H3/t17-,22-/m1/s1. The molecule has 0 radical (unpaired) electrons. The van der Waals surface area contributed by atoms with E-state index in [0.29, 0.717) is 17.6 Å². The van der Waals surface area contributed by atoms with Gasteiger partial charge in [-0.25, -0.2) is 8.42 Å². The first-order valence-corrected chi connectivity index (χ1v) is 12.2.